The molecular formula is C11H16N2O2S. The number of thiazole rings is 1. The molecule has 0 radical (unpaired) electrons. The monoisotopic (exact) mass is 240 g/mol. The van der Waals surface area contributed by atoms with Crippen LogP contribution in [0, 0.1) is 0 Å². The van der Waals surface area contributed by atoms with E-state index in [4.69, 9.17) is 0 Å². The molecule has 0 amide bonds. The highest BCUT2D eigenvalue weighted by Gasteiger charge is 2.16. The van der Waals surface area contributed by atoms with E-state index in [1.54, 1.807) is 5.38 Å². The molecule has 88 valence electrons. The van der Waals surface area contributed by atoms with Gasteiger partial charge >= 0.3 is 5.97 Å². The number of carbonyl (C=O) groups excluding carboxylic acids is 1. The summed E-state index contributed by atoms with van der Waals surface area (Å²) in [5, 5.41) is 2.72. The van der Waals surface area contributed by atoms with E-state index in [9.17, 15) is 4.79 Å². The fourth-order valence-corrected chi connectivity index (χ4v) is 2.72. The number of aromatic nitrogens is 1. The molecule has 4 nitrogen and oxygen atoms in total. The zero-order valence-corrected chi connectivity index (χ0v) is 10.3. The third kappa shape index (κ3) is 2.52. The normalized spacial score (nSPS) is 16.9. The first-order chi connectivity index (χ1) is 7.81. The van der Waals surface area contributed by atoms with Crippen molar-refractivity contribution in [1.29, 1.82) is 0 Å². The Morgan fingerprint density at radius 2 is 2.06 bits per heavy atom. The van der Waals surface area contributed by atoms with Crippen molar-refractivity contribution >= 4 is 22.4 Å². The molecule has 16 heavy (non-hydrogen) atoms. The predicted molar refractivity (Wildman–Crippen MR) is 64.1 cm³/mol. The Kier molecular flexibility index (Phi) is 3.77. The molecule has 2 rings (SSSR count). The summed E-state index contributed by atoms with van der Waals surface area (Å²) < 4.78 is 4.65. The van der Waals surface area contributed by atoms with Crippen LogP contribution in [0.25, 0.3) is 0 Å². The van der Waals surface area contributed by atoms with Gasteiger partial charge in [0.25, 0.3) is 0 Å². The summed E-state index contributed by atoms with van der Waals surface area (Å²) in [5.74, 6) is -0.350. The van der Waals surface area contributed by atoms with Crippen LogP contribution < -0.4 is 4.90 Å². The zero-order chi connectivity index (χ0) is 11.4. The van der Waals surface area contributed by atoms with Crippen molar-refractivity contribution in [3.8, 4) is 0 Å². The van der Waals surface area contributed by atoms with Crippen molar-refractivity contribution in [3.63, 3.8) is 0 Å². The van der Waals surface area contributed by atoms with Crippen molar-refractivity contribution in [2.24, 2.45) is 0 Å². The maximum atomic E-state index is 11.3. The van der Waals surface area contributed by atoms with Gasteiger partial charge in [0.2, 0.25) is 0 Å². The van der Waals surface area contributed by atoms with E-state index in [1.807, 2.05) is 0 Å². The van der Waals surface area contributed by atoms with E-state index in [0.29, 0.717) is 5.69 Å². The summed E-state index contributed by atoms with van der Waals surface area (Å²) in [6.07, 6.45) is 5.03. The molecular weight excluding hydrogens is 224 g/mol. The Labute approximate surface area is 99.2 Å². The quantitative estimate of drug-likeness (QED) is 0.744. The smallest absolute Gasteiger partial charge is 0.357 e. The molecule has 0 N–H and O–H groups in total. The minimum Gasteiger partial charge on any atom is -0.464 e. The van der Waals surface area contributed by atoms with Gasteiger partial charge in [0, 0.05) is 18.5 Å². The van der Waals surface area contributed by atoms with Crippen LogP contribution in [0.2, 0.25) is 0 Å². The minimum atomic E-state index is -0.350. The highest BCUT2D eigenvalue weighted by Crippen LogP contribution is 2.23. The van der Waals surface area contributed by atoms with Crippen LogP contribution in [-0.4, -0.2) is 31.2 Å². The maximum absolute atomic E-state index is 11.3. The molecule has 0 atom stereocenters. The standard InChI is InChI=1S/C11H16N2O2S/c1-15-10(14)9-8-16-11(12-9)13-6-4-2-3-5-7-13/h8H,2-7H2,1H3. The molecule has 1 aliphatic rings. The van der Waals surface area contributed by atoms with Crippen molar-refractivity contribution in [2.45, 2.75) is 25.7 Å². The largest absolute Gasteiger partial charge is 0.464 e. The SMILES string of the molecule is COC(=O)c1csc(N2CCCCCC2)n1. The molecule has 0 saturated carbocycles. The van der Waals surface area contributed by atoms with Gasteiger partial charge in [-0.3, -0.25) is 0 Å². The maximum Gasteiger partial charge on any atom is 0.357 e. The van der Waals surface area contributed by atoms with Gasteiger partial charge in [0.05, 0.1) is 7.11 Å². The van der Waals surface area contributed by atoms with E-state index in [1.165, 1.54) is 44.1 Å². The predicted octanol–water partition coefficient (Wildman–Crippen LogP) is 2.31. The van der Waals surface area contributed by atoms with Gasteiger partial charge in [-0.2, -0.15) is 0 Å². The summed E-state index contributed by atoms with van der Waals surface area (Å²) in [7, 11) is 1.38. The topological polar surface area (TPSA) is 42.4 Å². The summed E-state index contributed by atoms with van der Waals surface area (Å²) in [4.78, 5) is 17.9. The Morgan fingerprint density at radius 3 is 2.69 bits per heavy atom. The van der Waals surface area contributed by atoms with Gasteiger partial charge in [-0.15, -0.1) is 11.3 Å². The molecule has 0 aromatic carbocycles. The van der Waals surface area contributed by atoms with Crippen LogP contribution in [0.3, 0.4) is 0 Å². The highest BCUT2D eigenvalue weighted by atomic mass is 32.1. The molecule has 0 spiro atoms. The minimum absolute atomic E-state index is 0.350. The number of rotatable bonds is 2. The molecule has 1 saturated heterocycles. The van der Waals surface area contributed by atoms with Crippen molar-refractivity contribution < 1.29 is 9.53 Å². The molecule has 0 unspecified atom stereocenters. The van der Waals surface area contributed by atoms with Gasteiger partial charge < -0.3 is 9.64 Å². The Hall–Kier alpha value is -1.10. The van der Waals surface area contributed by atoms with Crippen LogP contribution in [-0.2, 0) is 4.74 Å². The molecule has 1 aromatic rings. The second-order valence-corrected chi connectivity index (χ2v) is 4.74. The number of carbonyl (C=O) groups is 1. The number of methoxy groups -OCH3 is 1. The lowest BCUT2D eigenvalue weighted by atomic mass is 10.2. The Bertz CT molecular complexity index is 357. The first-order valence-electron chi connectivity index (χ1n) is 5.60. The van der Waals surface area contributed by atoms with Gasteiger partial charge in [-0.1, -0.05) is 12.8 Å². The van der Waals surface area contributed by atoms with Gasteiger partial charge in [0.15, 0.2) is 10.8 Å². The van der Waals surface area contributed by atoms with Crippen LogP contribution in [0.1, 0.15) is 36.2 Å². The zero-order valence-electron chi connectivity index (χ0n) is 9.44. The van der Waals surface area contributed by atoms with E-state index in [-0.39, 0.29) is 5.97 Å². The molecule has 2 heterocycles. The Morgan fingerprint density at radius 1 is 1.38 bits per heavy atom. The van der Waals surface area contributed by atoms with Crippen LogP contribution in [0.15, 0.2) is 5.38 Å². The molecule has 1 aliphatic heterocycles. The number of esters is 1. The molecule has 1 aromatic heterocycles. The summed E-state index contributed by atoms with van der Waals surface area (Å²) >= 11 is 1.52. The van der Waals surface area contributed by atoms with Crippen LogP contribution in [0.5, 0.6) is 0 Å². The van der Waals surface area contributed by atoms with Crippen molar-refractivity contribution in [1.82, 2.24) is 4.98 Å². The molecule has 0 bridgehead atoms. The Balaban J connectivity index is 2.08. The third-order valence-electron chi connectivity index (χ3n) is 2.76. The second kappa shape index (κ2) is 5.30. The highest BCUT2D eigenvalue weighted by molar-refractivity contribution is 7.13. The lowest BCUT2D eigenvalue weighted by molar-refractivity contribution is 0.0595. The van der Waals surface area contributed by atoms with Gasteiger partial charge in [-0.05, 0) is 12.8 Å². The number of nitrogens with zero attached hydrogens (tertiary/aromatic N) is 2. The second-order valence-electron chi connectivity index (χ2n) is 3.91. The number of ether oxygens (including phenoxy) is 1. The number of hydrogen-bond acceptors (Lipinski definition) is 5. The molecule has 5 heteroatoms. The third-order valence-corrected chi connectivity index (χ3v) is 3.66. The van der Waals surface area contributed by atoms with Crippen LogP contribution >= 0.6 is 11.3 Å². The summed E-state index contributed by atoms with van der Waals surface area (Å²) in [6.45, 7) is 2.10. The van der Waals surface area contributed by atoms with Crippen molar-refractivity contribution in [2.75, 3.05) is 25.1 Å². The summed E-state index contributed by atoms with van der Waals surface area (Å²) in [6, 6.07) is 0. The fourth-order valence-electron chi connectivity index (χ4n) is 1.87. The number of hydrogen-bond donors (Lipinski definition) is 0. The van der Waals surface area contributed by atoms with Gasteiger partial charge in [-0.25, -0.2) is 9.78 Å². The van der Waals surface area contributed by atoms with Crippen LogP contribution in [0.4, 0.5) is 5.13 Å². The van der Waals surface area contributed by atoms with Gasteiger partial charge in [0.1, 0.15) is 0 Å². The molecule has 1 fully saturated rings. The van der Waals surface area contributed by atoms with E-state index < -0.39 is 0 Å². The van der Waals surface area contributed by atoms with E-state index >= 15 is 0 Å². The average molecular weight is 240 g/mol. The lowest BCUT2D eigenvalue weighted by Gasteiger charge is -2.18. The summed E-state index contributed by atoms with van der Waals surface area (Å²) in [5.41, 5.74) is 0.423. The number of anilines is 1. The van der Waals surface area contributed by atoms with Crippen molar-refractivity contribution in [3.05, 3.63) is 11.1 Å². The van der Waals surface area contributed by atoms with E-state index in [2.05, 4.69) is 14.6 Å². The molecule has 0 aliphatic carbocycles. The lowest BCUT2D eigenvalue weighted by Crippen LogP contribution is -2.23. The average Bonchev–Trinajstić information content (AvgIpc) is 2.64. The first-order valence-corrected chi connectivity index (χ1v) is 6.48. The van der Waals surface area contributed by atoms with E-state index in [0.717, 1.165) is 18.2 Å². The fraction of sp³-hybridized carbons (Fsp3) is 0.636. The first kappa shape index (κ1) is 11.4.